The zero-order chi connectivity index (χ0) is 23.9. The molecule has 0 radical (unpaired) electrons. The van der Waals surface area contributed by atoms with Gasteiger partial charge >= 0.3 is 5.97 Å². The summed E-state index contributed by atoms with van der Waals surface area (Å²) in [6, 6.07) is 13.3. The summed E-state index contributed by atoms with van der Waals surface area (Å²) >= 11 is 0. The number of carbonyl (C=O) groups is 1. The Kier molecular flexibility index (Phi) is 7.48. The van der Waals surface area contributed by atoms with Crippen LogP contribution in [-0.4, -0.2) is 36.4 Å². The van der Waals surface area contributed by atoms with E-state index in [2.05, 4.69) is 22.0 Å². The fraction of sp³-hybridized carbons (Fsp3) is 0.370. The maximum Gasteiger partial charge on any atom is 0.307 e. The SMILES string of the molecule is COC(=O)CC(C#Cc1cccc(-c2noc(C)n2)c1)c1ccc(OC)c(OC2CCCC2)c1. The third-order valence-corrected chi connectivity index (χ3v) is 5.82. The molecule has 1 saturated carbocycles. The molecular weight excluding hydrogens is 432 g/mol. The van der Waals surface area contributed by atoms with Crippen LogP contribution in [0, 0.1) is 18.8 Å². The average Bonchev–Trinajstić information content (AvgIpc) is 3.53. The van der Waals surface area contributed by atoms with Crippen LogP contribution in [0.4, 0.5) is 0 Å². The Morgan fingerprint density at radius 2 is 1.97 bits per heavy atom. The molecule has 2 aromatic carbocycles. The Hall–Kier alpha value is -3.79. The average molecular weight is 461 g/mol. The van der Waals surface area contributed by atoms with Gasteiger partial charge in [0, 0.05) is 18.1 Å². The van der Waals surface area contributed by atoms with Gasteiger partial charge in [0.05, 0.1) is 32.7 Å². The topological polar surface area (TPSA) is 83.7 Å². The minimum absolute atomic E-state index is 0.127. The van der Waals surface area contributed by atoms with Crippen molar-refractivity contribution < 1.29 is 23.5 Å². The smallest absolute Gasteiger partial charge is 0.307 e. The highest BCUT2D eigenvalue weighted by molar-refractivity contribution is 5.71. The van der Waals surface area contributed by atoms with Crippen LogP contribution < -0.4 is 9.47 Å². The molecule has 1 aliphatic rings. The van der Waals surface area contributed by atoms with Crippen molar-refractivity contribution in [3.05, 3.63) is 59.5 Å². The largest absolute Gasteiger partial charge is 0.493 e. The maximum atomic E-state index is 12.2. The fourth-order valence-electron chi connectivity index (χ4n) is 4.01. The number of aryl methyl sites for hydroxylation is 1. The molecule has 176 valence electrons. The number of nitrogens with zero attached hydrogens (tertiary/aromatic N) is 2. The van der Waals surface area contributed by atoms with Crippen molar-refractivity contribution in [2.75, 3.05) is 14.2 Å². The van der Waals surface area contributed by atoms with E-state index < -0.39 is 0 Å². The normalized spacial score (nSPS) is 14.2. The van der Waals surface area contributed by atoms with Crippen molar-refractivity contribution in [1.29, 1.82) is 0 Å². The van der Waals surface area contributed by atoms with Crippen molar-refractivity contribution >= 4 is 5.97 Å². The number of carbonyl (C=O) groups excluding carboxylic acids is 1. The van der Waals surface area contributed by atoms with E-state index in [0.29, 0.717) is 23.2 Å². The monoisotopic (exact) mass is 460 g/mol. The van der Waals surface area contributed by atoms with Crippen molar-refractivity contribution in [3.63, 3.8) is 0 Å². The van der Waals surface area contributed by atoms with E-state index >= 15 is 0 Å². The molecule has 0 saturated heterocycles. The lowest BCUT2D eigenvalue weighted by Gasteiger charge is -2.18. The van der Waals surface area contributed by atoms with Crippen molar-refractivity contribution in [1.82, 2.24) is 10.1 Å². The predicted octanol–water partition coefficient (Wildman–Crippen LogP) is 5.07. The number of methoxy groups -OCH3 is 2. The van der Waals surface area contributed by atoms with E-state index in [-0.39, 0.29) is 24.4 Å². The standard InChI is InChI=1S/C27H28N2O5/c1-18-28-27(29-34-18)22-8-6-7-19(15-22)11-12-21(17-26(30)32-3)20-13-14-24(31-2)25(16-20)33-23-9-4-5-10-23/h6-8,13-16,21,23H,4-5,9-10,17H2,1-3H3. The molecule has 34 heavy (non-hydrogen) atoms. The summed E-state index contributed by atoms with van der Waals surface area (Å²) in [4.78, 5) is 16.4. The molecule has 0 spiro atoms. The maximum absolute atomic E-state index is 12.2. The molecule has 7 heteroatoms. The quantitative estimate of drug-likeness (QED) is 0.359. The first kappa shape index (κ1) is 23.4. The second kappa shape index (κ2) is 10.9. The minimum Gasteiger partial charge on any atom is -0.493 e. The van der Waals surface area contributed by atoms with Crippen LogP contribution in [0.3, 0.4) is 0 Å². The molecule has 1 fully saturated rings. The second-order valence-corrected chi connectivity index (χ2v) is 8.25. The van der Waals surface area contributed by atoms with Crippen LogP contribution in [-0.2, 0) is 9.53 Å². The van der Waals surface area contributed by atoms with Crippen molar-refractivity contribution in [2.45, 2.75) is 51.0 Å². The summed E-state index contributed by atoms with van der Waals surface area (Å²) in [6.45, 7) is 1.75. The number of esters is 1. The van der Waals surface area contributed by atoms with Gasteiger partial charge in [-0.25, -0.2) is 0 Å². The summed E-state index contributed by atoms with van der Waals surface area (Å²) in [5.41, 5.74) is 2.47. The molecule has 1 heterocycles. The lowest BCUT2D eigenvalue weighted by Crippen LogP contribution is -2.12. The number of hydrogen-bond donors (Lipinski definition) is 0. The molecule has 1 aromatic heterocycles. The van der Waals surface area contributed by atoms with Gasteiger partial charge in [-0.1, -0.05) is 35.2 Å². The molecule has 3 aromatic rings. The number of benzene rings is 2. The Morgan fingerprint density at radius 1 is 1.15 bits per heavy atom. The second-order valence-electron chi connectivity index (χ2n) is 8.25. The van der Waals surface area contributed by atoms with Gasteiger partial charge in [-0.3, -0.25) is 4.79 Å². The Balaban J connectivity index is 1.63. The van der Waals surface area contributed by atoms with Gasteiger partial charge in [-0.2, -0.15) is 4.98 Å². The number of hydrogen-bond acceptors (Lipinski definition) is 7. The van der Waals surface area contributed by atoms with E-state index in [1.165, 1.54) is 20.0 Å². The van der Waals surface area contributed by atoms with Gasteiger partial charge in [-0.15, -0.1) is 0 Å². The van der Waals surface area contributed by atoms with Gasteiger partial charge < -0.3 is 18.7 Å². The predicted molar refractivity (Wildman–Crippen MR) is 127 cm³/mol. The zero-order valence-corrected chi connectivity index (χ0v) is 19.7. The summed E-state index contributed by atoms with van der Waals surface area (Å²) < 4.78 is 21.7. The van der Waals surface area contributed by atoms with E-state index in [0.717, 1.165) is 29.5 Å². The summed E-state index contributed by atoms with van der Waals surface area (Å²) in [7, 11) is 3.01. The first-order valence-corrected chi connectivity index (χ1v) is 11.4. The molecule has 4 rings (SSSR count). The van der Waals surface area contributed by atoms with E-state index in [4.69, 9.17) is 18.7 Å². The minimum atomic E-state index is -0.375. The number of aromatic nitrogens is 2. The summed E-state index contributed by atoms with van der Waals surface area (Å²) in [6.07, 6.45) is 4.73. The molecule has 1 unspecified atom stereocenters. The first-order valence-electron chi connectivity index (χ1n) is 11.4. The Labute approximate surface area is 199 Å². The number of ether oxygens (including phenoxy) is 3. The molecule has 1 aliphatic carbocycles. The lowest BCUT2D eigenvalue weighted by atomic mass is 9.95. The molecule has 0 N–H and O–H groups in total. The molecule has 0 amide bonds. The summed E-state index contributed by atoms with van der Waals surface area (Å²) in [5.74, 6) is 8.10. The first-order chi connectivity index (χ1) is 16.6. The van der Waals surface area contributed by atoms with Gasteiger partial charge in [-0.05, 0) is 55.5 Å². The van der Waals surface area contributed by atoms with E-state index in [9.17, 15) is 4.79 Å². The van der Waals surface area contributed by atoms with Crippen molar-refractivity contribution in [2.24, 2.45) is 0 Å². The van der Waals surface area contributed by atoms with Crippen molar-refractivity contribution in [3.8, 4) is 34.7 Å². The highest BCUT2D eigenvalue weighted by Gasteiger charge is 2.21. The highest BCUT2D eigenvalue weighted by atomic mass is 16.5. The van der Waals surface area contributed by atoms with Gasteiger partial charge in [0.1, 0.15) is 0 Å². The third-order valence-electron chi connectivity index (χ3n) is 5.82. The zero-order valence-electron chi connectivity index (χ0n) is 19.7. The van der Waals surface area contributed by atoms with Crippen LogP contribution in [0.2, 0.25) is 0 Å². The molecular formula is C27H28N2O5. The molecule has 0 bridgehead atoms. The van der Waals surface area contributed by atoms with Gasteiger partial charge in [0.2, 0.25) is 11.7 Å². The van der Waals surface area contributed by atoms with Crippen LogP contribution >= 0.6 is 0 Å². The van der Waals surface area contributed by atoms with Crippen LogP contribution in [0.1, 0.15) is 55.0 Å². The lowest BCUT2D eigenvalue weighted by molar-refractivity contribution is -0.140. The van der Waals surface area contributed by atoms with Gasteiger partial charge in [0.25, 0.3) is 0 Å². The third kappa shape index (κ3) is 5.76. The van der Waals surface area contributed by atoms with E-state index in [1.54, 1.807) is 14.0 Å². The van der Waals surface area contributed by atoms with Gasteiger partial charge in [0.15, 0.2) is 11.5 Å². The Morgan fingerprint density at radius 3 is 2.68 bits per heavy atom. The van der Waals surface area contributed by atoms with E-state index in [1.807, 2.05) is 42.5 Å². The Bertz CT molecular complexity index is 1200. The number of rotatable bonds is 7. The van der Waals surface area contributed by atoms with Crippen LogP contribution in [0.25, 0.3) is 11.4 Å². The highest BCUT2D eigenvalue weighted by Crippen LogP contribution is 2.35. The van der Waals surface area contributed by atoms with Crippen LogP contribution in [0.15, 0.2) is 47.0 Å². The fourth-order valence-corrected chi connectivity index (χ4v) is 4.01. The van der Waals surface area contributed by atoms with Crippen LogP contribution in [0.5, 0.6) is 11.5 Å². The molecule has 1 atom stereocenters. The molecule has 0 aliphatic heterocycles. The molecule has 7 nitrogen and oxygen atoms in total. The summed E-state index contributed by atoms with van der Waals surface area (Å²) in [5, 5.41) is 3.97.